The van der Waals surface area contributed by atoms with Crippen LogP contribution in [0.15, 0.2) is 59.6 Å². The molecule has 0 saturated heterocycles. The molecular formula is C30H32N2O3. The van der Waals surface area contributed by atoms with Crippen LogP contribution in [0.1, 0.15) is 56.9 Å². The zero-order valence-corrected chi connectivity index (χ0v) is 21.3. The predicted octanol–water partition coefficient (Wildman–Crippen LogP) is 6.21. The van der Waals surface area contributed by atoms with Crippen LogP contribution in [0, 0.1) is 0 Å². The SMILES string of the molecule is COc1cc2c(c3c1OC(C)(C)C3)CC(C)(C)N=C2c1cccc(-c2ccc(NC(C)=O)cc2)c1. The van der Waals surface area contributed by atoms with Gasteiger partial charge in [0, 0.05) is 35.7 Å². The summed E-state index contributed by atoms with van der Waals surface area (Å²) in [5.41, 5.74) is 8.22. The highest BCUT2D eigenvalue weighted by molar-refractivity contribution is 6.15. The van der Waals surface area contributed by atoms with E-state index in [1.165, 1.54) is 18.1 Å². The normalized spacial score (nSPS) is 17.0. The number of rotatable bonds is 4. The van der Waals surface area contributed by atoms with Gasteiger partial charge in [0.05, 0.1) is 18.4 Å². The van der Waals surface area contributed by atoms with Crippen LogP contribution in [-0.2, 0) is 17.6 Å². The van der Waals surface area contributed by atoms with Gasteiger partial charge in [-0.3, -0.25) is 9.79 Å². The van der Waals surface area contributed by atoms with Crippen molar-refractivity contribution in [1.29, 1.82) is 0 Å². The predicted molar refractivity (Wildman–Crippen MR) is 141 cm³/mol. The first-order valence-electron chi connectivity index (χ1n) is 12.1. The highest BCUT2D eigenvalue weighted by Gasteiger charge is 2.39. The Bertz CT molecular complexity index is 1350. The van der Waals surface area contributed by atoms with Crippen LogP contribution >= 0.6 is 0 Å². The highest BCUT2D eigenvalue weighted by atomic mass is 16.5. The van der Waals surface area contributed by atoms with Crippen molar-refractivity contribution in [2.75, 3.05) is 12.4 Å². The van der Waals surface area contributed by atoms with Gasteiger partial charge in [0.25, 0.3) is 0 Å². The van der Waals surface area contributed by atoms with Crippen LogP contribution in [0.2, 0.25) is 0 Å². The van der Waals surface area contributed by atoms with E-state index in [0.29, 0.717) is 0 Å². The molecule has 3 aromatic carbocycles. The standard InChI is InChI=1S/C30H32N2O3/c1-18(33)31-22-12-10-19(11-13-22)20-8-7-9-21(14-20)27-23-15-26(34-6)28-25(17-30(4,5)35-28)24(23)16-29(2,3)32-27/h7-15H,16-17H2,1-6H3,(H,31,33). The van der Waals surface area contributed by atoms with E-state index >= 15 is 0 Å². The molecule has 0 aliphatic carbocycles. The van der Waals surface area contributed by atoms with Crippen molar-refractivity contribution >= 4 is 17.3 Å². The van der Waals surface area contributed by atoms with Crippen LogP contribution < -0.4 is 14.8 Å². The fourth-order valence-electron chi connectivity index (χ4n) is 5.18. The van der Waals surface area contributed by atoms with Crippen molar-refractivity contribution in [1.82, 2.24) is 0 Å². The van der Waals surface area contributed by atoms with E-state index in [4.69, 9.17) is 14.5 Å². The molecule has 0 bridgehead atoms. The van der Waals surface area contributed by atoms with E-state index in [0.717, 1.165) is 58.0 Å². The Hall–Kier alpha value is -3.60. The average molecular weight is 469 g/mol. The smallest absolute Gasteiger partial charge is 0.221 e. The Kier molecular flexibility index (Phi) is 5.47. The minimum atomic E-state index is -0.257. The highest BCUT2D eigenvalue weighted by Crippen LogP contribution is 2.48. The molecule has 5 heteroatoms. The number of hydrogen-bond donors (Lipinski definition) is 1. The molecule has 3 aromatic rings. The zero-order valence-electron chi connectivity index (χ0n) is 21.3. The Morgan fingerprint density at radius 1 is 0.943 bits per heavy atom. The molecule has 0 saturated carbocycles. The van der Waals surface area contributed by atoms with Crippen molar-refractivity contribution in [2.45, 2.75) is 58.6 Å². The maximum atomic E-state index is 11.4. The topological polar surface area (TPSA) is 59.9 Å². The molecule has 0 fully saturated rings. The molecule has 2 aliphatic heterocycles. The zero-order chi connectivity index (χ0) is 25.0. The molecule has 0 aromatic heterocycles. The van der Waals surface area contributed by atoms with E-state index in [1.807, 2.05) is 24.3 Å². The lowest BCUT2D eigenvalue weighted by molar-refractivity contribution is -0.114. The fraction of sp³-hybridized carbons (Fsp3) is 0.333. The largest absolute Gasteiger partial charge is 0.493 e. The van der Waals surface area contributed by atoms with Crippen molar-refractivity contribution in [2.24, 2.45) is 4.99 Å². The van der Waals surface area contributed by atoms with Crippen molar-refractivity contribution in [3.8, 4) is 22.6 Å². The molecule has 0 spiro atoms. The first-order chi connectivity index (χ1) is 16.5. The summed E-state index contributed by atoms with van der Waals surface area (Å²) in [5.74, 6) is 1.56. The summed E-state index contributed by atoms with van der Waals surface area (Å²) in [6.45, 7) is 10.2. The quantitative estimate of drug-likeness (QED) is 0.495. The second kappa shape index (κ2) is 8.26. The number of ether oxygens (including phenoxy) is 2. The number of amides is 1. The van der Waals surface area contributed by atoms with Gasteiger partial charge in [0.1, 0.15) is 5.60 Å². The van der Waals surface area contributed by atoms with E-state index in [-0.39, 0.29) is 17.0 Å². The van der Waals surface area contributed by atoms with Crippen LogP contribution in [0.3, 0.4) is 0 Å². The summed E-state index contributed by atoms with van der Waals surface area (Å²) >= 11 is 0. The molecule has 1 amide bonds. The maximum absolute atomic E-state index is 11.4. The number of fused-ring (bicyclic) bond motifs is 3. The number of aliphatic imine (C=N–C) groups is 1. The number of benzene rings is 3. The van der Waals surface area contributed by atoms with Gasteiger partial charge in [0.2, 0.25) is 5.91 Å². The molecule has 5 nitrogen and oxygen atoms in total. The van der Waals surface area contributed by atoms with E-state index in [9.17, 15) is 4.79 Å². The van der Waals surface area contributed by atoms with E-state index in [2.05, 4.69) is 63.3 Å². The van der Waals surface area contributed by atoms with Gasteiger partial charge in [-0.15, -0.1) is 0 Å². The fourth-order valence-corrected chi connectivity index (χ4v) is 5.18. The number of anilines is 1. The minimum absolute atomic E-state index is 0.0768. The van der Waals surface area contributed by atoms with E-state index in [1.54, 1.807) is 7.11 Å². The Morgan fingerprint density at radius 2 is 1.66 bits per heavy atom. The lowest BCUT2D eigenvalue weighted by atomic mass is 9.80. The van der Waals surface area contributed by atoms with Crippen molar-refractivity contribution < 1.29 is 14.3 Å². The molecule has 0 radical (unpaired) electrons. The van der Waals surface area contributed by atoms with Crippen molar-refractivity contribution in [3.05, 3.63) is 76.9 Å². The van der Waals surface area contributed by atoms with Gasteiger partial charge < -0.3 is 14.8 Å². The van der Waals surface area contributed by atoms with Crippen LogP contribution in [0.25, 0.3) is 11.1 Å². The molecule has 5 rings (SSSR count). The van der Waals surface area contributed by atoms with Gasteiger partial charge in [0.15, 0.2) is 11.5 Å². The molecule has 0 unspecified atom stereocenters. The van der Waals surface area contributed by atoms with Gasteiger partial charge in [-0.25, -0.2) is 0 Å². The number of carbonyl (C=O) groups excluding carboxylic acids is 1. The second-order valence-electron chi connectivity index (χ2n) is 10.7. The first-order valence-corrected chi connectivity index (χ1v) is 12.1. The second-order valence-corrected chi connectivity index (χ2v) is 10.7. The third-order valence-electron chi connectivity index (χ3n) is 6.62. The molecular weight excluding hydrogens is 436 g/mol. The van der Waals surface area contributed by atoms with Gasteiger partial charge >= 0.3 is 0 Å². The maximum Gasteiger partial charge on any atom is 0.221 e. The Balaban J connectivity index is 1.60. The third-order valence-corrected chi connectivity index (χ3v) is 6.62. The van der Waals surface area contributed by atoms with Gasteiger partial charge in [-0.2, -0.15) is 0 Å². The first kappa shape index (κ1) is 23.2. The molecule has 1 N–H and O–H groups in total. The summed E-state index contributed by atoms with van der Waals surface area (Å²) in [6, 6.07) is 18.5. The lowest BCUT2D eigenvalue weighted by Crippen LogP contribution is -2.30. The van der Waals surface area contributed by atoms with Crippen LogP contribution in [0.5, 0.6) is 11.5 Å². The summed E-state index contributed by atoms with van der Waals surface area (Å²) in [7, 11) is 1.70. The molecule has 2 aliphatic rings. The number of nitrogens with one attached hydrogen (secondary N) is 1. The van der Waals surface area contributed by atoms with E-state index < -0.39 is 0 Å². The van der Waals surface area contributed by atoms with Gasteiger partial charge in [-0.1, -0.05) is 30.3 Å². The van der Waals surface area contributed by atoms with Gasteiger partial charge in [-0.05, 0) is 75.1 Å². The molecule has 0 atom stereocenters. The summed E-state index contributed by atoms with van der Waals surface area (Å²) in [6.07, 6.45) is 1.72. The monoisotopic (exact) mass is 468 g/mol. The number of nitrogens with zero attached hydrogens (tertiary/aromatic N) is 1. The third kappa shape index (κ3) is 4.43. The summed E-state index contributed by atoms with van der Waals surface area (Å²) in [4.78, 5) is 16.6. The number of carbonyl (C=O) groups is 1. The average Bonchev–Trinajstić information content (AvgIpc) is 3.13. The Morgan fingerprint density at radius 3 is 2.34 bits per heavy atom. The molecule has 180 valence electrons. The minimum Gasteiger partial charge on any atom is -0.493 e. The summed E-state index contributed by atoms with van der Waals surface area (Å²) < 4.78 is 12.1. The lowest BCUT2D eigenvalue weighted by Gasteiger charge is -2.31. The van der Waals surface area contributed by atoms with Crippen LogP contribution in [-0.4, -0.2) is 29.9 Å². The number of hydrogen-bond acceptors (Lipinski definition) is 4. The molecule has 2 heterocycles. The Labute approximate surface area is 207 Å². The summed E-state index contributed by atoms with van der Waals surface area (Å²) in [5, 5.41) is 2.82. The van der Waals surface area contributed by atoms with Crippen molar-refractivity contribution in [3.63, 3.8) is 0 Å². The molecule has 35 heavy (non-hydrogen) atoms. The number of methoxy groups -OCH3 is 1. The van der Waals surface area contributed by atoms with Crippen LogP contribution in [0.4, 0.5) is 5.69 Å².